The molecule has 0 saturated carbocycles. The number of aryl methyl sites for hydroxylation is 1. The van der Waals surface area contributed by atoms with Crippen LogP contribution < -0.4 is 15.1 Å². The predicted octanol–water partition coefficient (Wildman–Crippen LogP) is 1.60. The zero-order valence-electron chi connectivity index (χ0n) is 15.7. The van der Waals surface area contributed by atoms with Crippen molar-refractivity contribution in [2.45, 2.75) is 31.5 Å². The van der Waals surface area contributed by atoms with Gasteiger partial charge in [0.25, 0.3) is 0 Å². The number of carbonyl (C=O) groups is 1. The number of pyridine rings is 1. The Balaban J connectivity index is 1.56. The number of hydrogen-bond acceptors (Lipinski definition) is 6. The molecule has 8 heteroatoms. The Bertz CT molecular complexity index is 757. The lowest BCUT2D eigenvalue weighted by Crippen LogP contribution is -2.40. The molecule has 1 aliphatic heterocycles. The number of carbonyl (C=O) groups excluding carboxylic acids is 1. The maximum Gasteiger partial charge on any atom is 0.226 e. The molecule has 1 saturated heterocycles. The molecule has 0 aliphatic carbocycles. The van der Waals surface area contributed by atoms with Crippen molar-refractivity contribution in [1.29, 1.82) is 0 Å². The van der Waals surface area contributed by atoms with E-state index in [0.717, 1.165) is 5.69 Å². The minimum atomic E-state index is -0.932. The van der Waals surface area contributed by atoms with Crippen LogP contribution in [-0.4, -0.2) is 60.3 Å². The van der Waals surface area contributed by atoms with E-state index in [1.807, 2.05) is 37.2 Å². The van der Waals surface area contributed by atoms with Gasteiger partial charge < -0.3 is 15.1 Å². The summed E-state index contributed by atoms with van der Waals surface area (Å²) in [5.41, 5.74) is 0.885. The molecule has 0 radical (unpaired) electrons. The Labute approximate surface area is 158 Å². The first kappa shape index (κ1) is 19.0. The topological polar surface area (TPSA) is 74.2 Å². The number of halogens is 1. The van der Waals surface area contributed by atoms with Gasteiger partial charge in [0, 0.05) is 51.6 Å². The number of rotatable bonds is 7. The fourth-order valence-corrected chi connectivity index (χ4v) is 3.16. The second-order valence-electron chi connectivity index (χ2n) is 6.87. The first-order valence-electron chi connectivity index (χ1n) is 9.10. The molecule has 144 valence electrons. The number of anilines is 2. The van der Waals surface area contributed by atoms with Crippen molar-refractivity contribution in [2.75, 3.05) is 37.0 Å². The molecule has 1 fully saturated rings. The van der Waals surface area contributed by atoms with Crippen LogP contribution in [0, 0.1) is 0 Å². The van der Waals surface area contributed by atoms with E-state index >= 15 is 0 Å². The third-order valence-corrected chi connectivity index (χ3v) is 4.56. The van der Waals surface area contributed by atoms with Gasteiger partial charge in [-0.15, -0.1) is 0 Å². The van der Waals surface area contributed by atoms with Crippen LogP contribution in [-0.2, 0) is 11.2 Å². The summed E-state index contributed by atoms with van der Waals surface area (Å²) in [6, 6.07) is 7.31. The number of nitrogens with zero attached hydrogens (tertiary/aromatic N) is 5. The van der Waals surface area contributed by atoms with E-state index in [1.165, 1.54) is 0 Å². The molecule has 2 aromatic heterocycles. The number of aromatic nitrogens is 3. The van der Waals surface area contributed by atoms with Gasteiger partial charge in [-0.25, -0.2) is 9.37 Å². The van der Waals surface area contributed by atoms with Crippen molar-refractivity contribution in [1.82, 2.24) is 20.3 Å². The van der Waals surface area contributed by atoms with Crippen molar-refractivity contribution in [3.63, 3.8) is 0 Å². The van der Waals surface area contributed by atoms with Gasteiger partial charge in [-0.05, 0) is 24.6 Å². The Hall–Kier alpha value is -2.77. The molecule has 2 aromatic rings. The van der Waals surface area contributed by atoms with Crippen LogP contribution in [0.5, 0.6) is 0 Å². The van der Waals surface area contributed by atoms with E-state index in [0.29, 0.717) is 37.6 Å². The van der Waals surface area contributed by atoms with Gasteiger partial charge in [0.1, 0.15) is 12.0 Å². The van der Waals surface area contributed by atoms with Crippen LogP contribution >= 0.6 is 0 Å². The molecule has 0 bridgehead atoms. The maximum atomic E-state index is 14.0. The average molecular weight is 372 g/mol. The molecule has 1 N–H and O–H groups in total. The minimum absolute atomic E-state index is 0.0559. The normalized spacial score (nSPS) is 19.1. The van der Waals surface area contributed by atoms with Crippen molar-refractivity contribution in [3.05, 3.63) is 42.4 Å². The number of alkyl halides is 1. The Morgan fingerprint density at radius 3 is 2.89 bits per heavy atom. The second kappa shape index (κ2) is 8.75. The van der Waals surface area contributed by atoms with E-state index in [1.54, 1.807) is 23.4 Å². The van der Waals surface area contributed by atoms with Gasteiger partial charge in [-0.2, -0.15) is 4.98 Å². The second-order valence-corrected chi connectivity index (χ2v) is 6.87. The number of nitrogens with one attached hydrogen (secondary N) is 1. The SMILES string of the molecule is CN(C)c1nccc(N2C[C@@H](F)C[C@H]2CNC(=O)CCc2ccccn2)n1. The van der Waals surface area contributed by atoms with Crippen LogP contribution in [0.3, 0.4) is 0 Å². The monoisotopic (exact) mass is 372 g/mol. The van der Waals surface area contributed by atoms with Crippen LogP contribution in [0.4, 0.5) is 16.2 Å². The van der Waals surface area contributed by atoms with Crippen LogP contribution in [0.25, 0.3) is 0 Å². The van der Waals surface area contributed by atoms with Crippen molar-refractivity contribution < 1.29 is 9.18 Å². The molecule has 1 aliphatic rings. The van der Waals surface area contributed by atoms with Crippen molar-refractivity contribution >= 4 is 17.7 Å². The molecule has 2 atom stereocenters. The lowest BCUT2D eigenvalue weighted by atomic mass is 10.2. The molecule has 0 aromatic carbocycles. The molecule has 7 nitrogen and oxygen atoms in total. The van der Waals surface area contributed by atoms with Gasteiger partial charge in [-0.1, -0.05) is 6.07 Å². The number of amides is 1. The number of hydrogen-bond donors (Lipinski definition) is 1. The zero-order chi connectivity index (χ0) is 19.2. The predicted molar refractivity (Wildman–Crippen MR) is 103 cm³/mol. The van der Waals surface area contributed by atoms with Crippen LogP contribution in [0.15, 0.2) is 36.7 Å². The standard InChI is InChI=1S/C19H25FN6O/c1-25(2)19-22-10-8-17(24-19)26-13-14(20)11-16(26)12-23-18(27)7-6-15-5-3-4-9-21-15/h3-5,8-10,14,16H,6-7,11-13H2,1-2H3,(H,23,27)/t14-,16-/m0/s1. The highest BCUT2D eigenvalue weighted by Crippen LogP contribution is 2.26. The highest BCUT2D eigenvalue weighted by atomic mass is 19.1. The summed E-state index contributed by atoms with van der Waals surface area (Å²) in [5, 5.41) is 2.92. The lowest BCUT2D eigenvalue weighted by Gasteiger charge is -2.26. The Morgan fingerprint density at radius 2 is 2.15 bits per heavy atom. The zero-order valence-corrected chi connectivity index (χ0v) is 15.7. The largest absolute Gasteiger partial charge is 0.354 e. The molecule has 0 spiro atoms. The highest BCUT2D eigenvalue weighted by Gasteiger charge is 2.33. The van der Waals surface area contributed by atoms with E-state index in [9.17, 15) is 9.18 Å². The van der Waals surface area contributed by atoms with Gasteiger partial charge in [0.2, 0.25) is 11.9 Å². The molecule has 27 heavy (non-hydrogen) atoms. The highest BCUT2D eigenvalue weighted by molar-refractivity contribution is 5.76. The van der Waals surface area contributed by atoms with Gasteiger partial charge in [0.15, 0.2) is 0 Å². The molecule has 0 unspecified atom stereocenters. The fraction of sp³-hybridized carbons (Fsp3) is 0.474. The van der Waals surface area contributed by atoms with Gasteiger partial charge in [-0.3, -0.25) is 9.78 Å². The summed E-state index contributed by atoms with van der Waals surface area (Å²) >= 11 is 0. The van der Waals surface area contributed by atoms with E-state index < -0.39 is 6.17 Å². The molecule has 3 heterocycles. The van der Waals surface area contributed by atoms with Crippen molar-refractivity contribution in [3.8, 4) is 0 Å². The fourth-order valence-electron chi connectivity index (χ4n) is 3.16. The van der Waals surface area contributed by atoms with E-state index in [4.69, 9.17) is 0 Å². The maximum absolute atomic E-state index is 14.0. The summed E-state index contributed by atoms with van der Waals surface area (Å²) in [5.74, 6) is 1.20. The smallest absolute Gasteiger partial charge is 0.226 e. The summed E-state index contributed by atoms with van der Waals surface area (Å²) in [7, 11) is 3.72. The van der Waals surface area contributed by atoms with Gasteiger partial charge >= 0.3 is 0 Å². The molecule has 3 rings (SSSR count). The lowest BCUT2D eigenvalue weighted by molar-refractivity contribution is -0.121. The summed E-state index contributed by atoms with van der Waals surface area (Å²) in [6.45, 7) is 0.668. The van der Waals surface area contributed by atoms with Gasteiger partial charge in [0.05, 0.1) is 12.6 Å². The summed E-state index contributed by atoms with van der Waals surface area (Å²) in [6.07, 6.45) is 3.78. The first-order valence-corrected chi connectivity index (χ1v) is 9.10. The third-order valence-electron chi connectivity index (χ3n) is 4.56. The average Bonchev–Trinajstić information content (AvgIpc) is 3.06. The molecular weight excluding hydrogens is 347 g/mol. The quantitative estimate of drug-likeness (QED) is 0.796. The Morgan fingerprint density at radius 1 is 1.30 bits per heavy atom. The molecule has 1 amide bonds. The summed E-state index contributed by atoms with van der Waals surface area (Å²) < 4.78 is 14.0. The summed E-state index contributed by atoms with van der Waals surface area (Å²) in [4.78, 5) is 28.8. The Kier molecular flexibility index (Phi) is 6.16. The third kappa shape index (κ3) is 5.12. The van der Waals surface area contributed by atoms with E-state index in [2.05, 4.69) is 20.3 Å². The first-order chi connectivity index (χ1) is 13.0. The van der Waals surface area contributed by atoms with Crippen LogP contribution in [0.2, 0.25) is 0 Å². The van der Waals surface area contributed by atoms with Crippen LogP contribution in [0.1, 0.15) is 18.5 Å². The molecular formula is C19H25FN6O. The van der Waals surface area contributed by atoms with E-state index in [-0.39, 0.29) is 18.5 Å². The minimum Gasteiger partial charge on any atom is -0.354 e. The van der Waals surface area contributed by atoms with Crippen molar-refractivity contribution in [2.24, 2.45) is 0 Å².